The summed E-state index contributed by atoms with van der Waals surface area (Å²) in [5, 5.41) is 2.59. The summed E-state index contributed by atoms with van der Waals surface area (Å²) in [7, 11) is 0. The van der Waals surface area contributed by atoms with Crippen LogP contribution in [0.2, 0.25) is 0 Å². The van der Waals surface area contributed by atoms with Crippen LogP contribution in [0.5, 0.6) is 0 Å². The Bertz CT molecular complexity index is 421. The minimum atomic E-state index is -0.400. The van der Waals surface area contributed by atoms with Crippen LogP contribution in [0, 0.1) is 0 Å². The molecule has 2 rings (SSSR count). The van der Waals surface area contributed by atoms with Gasteiger partial charge in [0.15, 0.2) is 5.69 Å². The molecule has 106 valence electrons. The average Bonchev–Trinajstić information content (AvgIpc) is 2.91. The van der Waals surface area contributed by atoms with E-state index in [4.69, 9.17) is 14.2 Å². The van der Waals surface area contributed by atoms with Crippen molar-refractivity contribution in [3.05, 3.63) is 16.1 Å². The summed E-state index contributed by atoms with van der Waals surface area (Å²) in [4.78, 5) is 16.1. The summed E-state index contributed by atoms with van der Waals surface area (Å²) in [6.07, 6.45) is 1.55. The Balaban J connectivity index is 2.20. The molecule has 1 aliphatic heterocycles. The lowest BCUT2D eigenvalue weighted by Crippen LogP contribution is -2.36. The molecule has 0 saturated carbocycles. The van der Waals surface area contributed by atoms with E-state index in [-0.39, 0.29) is 5.97 Å². The zero-order chi connectivity index (χ0) is 13.7. The van der Waals surface area contributed by atoms with E-state index in [1.807, 2.05) is 6.92 Å². The van der Waals surface area contributed by atoms with Crippen LogP contribution in [0.25, 0.3) is 0 Å². The molecule has 19 heavy (non-hydrogen) atoms. The first-order chi connectivity index (χ1) is 9.22. The van der Waals surface area contributed by atoms with E-state index in [9.17, 15) is 4.79 Å². The molecule has 1 saturated heterocycles. The highest BCUT2D eigenvalue weighted by Gasteiger charge is 2.38. The lowest BCUT2D eigenvalue weighted by Gasteiger charge is -2.35. The van der Waals surface area contributed by atoms with Gasteiger partial charge >= 0.3 is 5.97 Å². The summed E-state index contributed by atoms with van der Waals surface area (Å²) < 4.78 is 16.3. The third-order valence-corrected chi connectivity index (χ3v) is 4.13. The Kier molecular flexibility index (Phi) is 4.90. The minimum absolute atomic E-state index is 0.357. The first-order valence-corrected chi connectivity index (χ1v) is 7.44. The predicted octanol–water partition coefficient (Wildman–Crippen LogP) is 2.36. The Morgan fingerprint density at radius 3 is 2.79 bits per heavy atom. The summed E-state index contributed by atoms with van der Waals surface area (Å²) in [6, 6.07) is 0. The average molecular weight is 285 g/mol. The number of ether oxygens (including phenoxy) is 3. The maximum Gasteiger partial charge on any atom is 0.357 e. The smallest absolute Gasteiger partial charge is 0.357 e. The van der Waals surface area contributed by atoms with Crippen LogP contribution in [0.3, 0.4) is 0 Å². The molecular formula is C13H19NO4S. The number of thiazole rings is 1. The van der Waals surface area contributed by atoms with E-state index in [1.165, 1.54) is 11.3 Å². The monoisotopic (exact) mass is 285 g/mol. The van der Waals surface area contributed by atoms with Gasteiger partial charge in [0.05, 0.1) is 6.61 Å². The van der Waals surface area contributed by atoms with Crippen molar-refractivity contribution < 1.29 is 19.0 Å². The van der Waals surface area contributed by atoms with Crippen LogP contribution in [-0.2, 0) is 19.8 Å². The molecule has 1 aromatic rings. The van der Waals surface area contributed by atoms with E-state index in [0.717, 1.165) is 17.8 Å². The third kappa shape index (κ3) is 3.13. The number of hydrogen-bond acceptors (Lipinski definition) is 6. The normalized spacial score (nSPS) is 18.2. The maximum absolute atomic E-state index is 11.7. The molecule has 0 radical (unpaired) electrons. The van der Waals surface area contributed by atoms with Gasteiger partial charge in [0.25, 0.3) is 0 Å². The number of hydrogen-bond donors (Lipinski definition) is 0. The predicted molar refractivity (Wildman–Crippen MR) is 71.4 cm³/mol. The van der Waals surface area contributed by atoms with Gasteiger partial charge in [0.2, 0.25) is 0 Å². The molecule has 0 unspecified atom stereocenters. The summed E-state index contributed by atoms with van der Waals surface area (Å²) in [5.74, 6) is -0.372. The second kappa shape index (κ2) is 6.45. The molecule has 0 spiro atoms. The van der Waals surface area contributed by atoms with Crippen LogP contribution < -0.4 is 0 Å². The molecule has 0 aliphatic carbocycles. The van der Waals surface area contributed by atoms with Gasteiger partial charge in [-0.25, -0.2) is 9.78 Å². The minimum Gasteiger partial charge on any atom is -0.461 e. The number of esters is 1. The molecule has 0 amide bonds. The Morgan fingerprint density at radius 1 is 1.42 bits per heavy atom. The molecule has 1 fully saturated rings. The maximum atomic E-state index is 11.7. The van der Waals surface area contributed by atoms with Gasteiger partial charge < -0.3 is 14.2 Å². The van der Waals surface area contributed by atoms with Gasteiger partial charge in [0.1, 0.15) is 10.6 Å². The van der Waals surface area contributed by atoms with Gasteiger partial charge in [-0.1, -0.05) is 0 Å². The summed E-state index contributed by atoms with van der Waals surface area (Å²) in [6.45, 7) is 6.05. The first kappa shape index (κ1) is 14.4. The van der Waals surface area contributed by atoms with Crippen LogP contribution in [-0.4, -0.2) is 37.4 Å². The van der Waals surface area contributed by atoms with E-state index in [0.29, 0.717) is 32.1 Å². The second-order valence-electron chi connectivity index (χ2n) is 4.30. The fraction of sp³-hybridized carbons (Fsp3) is 0.692. The third-order valence-electron chi connectivity index (χ3n) is 3.10. The van der Waals surface area contributed by atoms with Crippen molar-refractivity contribution in [3.63, 3.8) is 0 Å². The molecule has 1 aliphatic rings. The topological polar surface area (TPSA) is 57.7 Å². The molecule has 0 N–H and O–H groups in total. The molecule has 0 bridgehead atoms. The van der Waals surface area contributed by atoms with Crippen molar-refractivity contribution >= 4 is 17.3 Å². The highest BCUT2D eigenvalue weighted by molar-refractivity contribution is 7.10. The summed E-state index contributed by atoms with van der Waals surface area (Å²) >= 11 is 1.46. The molecule has 5 nitrogen and oxygen atoms in total. The van der Waals surface area contributed by atoms with Gasteiger partial charge in [-0.15, -0.1) is 11.3 Å². The van der Waals surface area contributed by atoms with Crippen molar-refractivity contribution in [2.45, 2.75) is 32.3 Å². The largest absolute Gasteiger partial charge is 0.461 e. The van der Waals surface area contributed by atoms with Gasteiger partial charge in [-0.3, -0.25) is 0 Å². The number of rotatable bonds is 5. The number of aromatic nitrogens is 1. The Hall–Kier alpha value is -0.980. The van der Waals surface area contributed by atoms with Gasteiger partial charge in [0, 0.05) is 38.0 Å². The van der Waals surface area contributed by atoms with E-state index in [1.54, 1.807) is 12.3 Å². The summed E-state index contributed by atoms with van der Waals surface area (Å²) in [5.41, 5.74) is -0.0324. The molecule has 1 aromatic heterocycles. The highest BCUT2D eigenvalue weighted by atomic mass is 32.1. The Morgan fingerprint density at radius 2 is 2.16 bits per heavy atom. The first-order valence-electron chi connectivity index (χ1n) is 6.56. The second-order valence-corrected chi connectivity index (χ2v) is 5.16. The van der Waals surface area contributed by atoms with E-state index < -0.39 is 5.60 Å². The molecule has 2 heterocycles. The van der Waals surface area contributed by atoms with E-state index >= 15 is 0 Å². The zero-order valence-electron chi connectivity index (χ0n) is 11.3. The molecule has 0 aromatic carbocycles. The Labute approximate surface area is 116 Å². The lowest BCUT2D eigenvalue weighted by molar-refractivity contribution is -0.112. The lowest BCUT2D eigenvalue weighted by atomic mass is 9.95. The van der Waals surface area contributed by atoms with Crippen molar-refractivity contribution in [1.82, 2.24) is 4.98 Å². The number of carbonyl (C=O) groups is 1. The molecule has 0 atom stereocenters. The van der Waals surface area contributed by atoms with Crippen molar-refractivity contribution in [3.8, 4) is 0 Å². The van der Waals surface area contributed by atoms with Crippen LogP contribution >= 0.6 is 11.3 Å². The van der Waals surface area contributed by atoms with Crippen molar-refractivity contribution in [1.29, 1.82) is 0 Å². The molecular weight excluding hydrogens is 266 g/mol. The van der Waals surface area contributed by atoms with Crippen LogP contribution in [0.4, 0.5) is 0 Å². The van der Waals surface area contributed by atoms with Crippen LogP contribution in [0.15, 0.2) is 5.38 Å². The molecule has 6 heteroatoms. The fourth-order valence-electron chi connectivity index (χ4n) is 2.18. The fourth-order valence-corrected chi connectivity index (χ4v) is 3.18. The van der Waals surface area contributed by atoms with E-state index in [2.05, 4.69) is 4.98 Å². The standard InChI is InChI=1S/C13H19NO4S/c1-3-17-11(15)10-9-19-12(14-10)13(18-4-2)5-7-16-8-6-13/h9H,3-8H2,1-2H3. The van der Waals surface area contributed by atoms with Crippen molar-refractivity contribution in [2.75, 3.05) is 26.4 Å². The number of nitrogens with zero attached hydrogens (tertiary/aromatic N) is 1. The zero-order valence-corrected chi connectivity index (χ0v) is 12.1. The van der Waals surface area contributed by atoms with Crippen molar-refractivity contribution in [2.24, 2.45) is 0 Å². The van der Waals surface area contributed by atoms with Gasteiger partial charge in [-0.2, -0.15) is 0 Å². The quantitative estimate of drug-likeness (QED) is 0.777. The number of carbonyl (C=O) groups excluding carboxylic acids is 1. The van der Waals surface area contributed by atoms with Gasteiger partial charge in [-0.05, 0) is 13.8 Å². The van der Waals surface area contributed by atoms with Crippen LogP contribution in [0.1, 0.15) is 42.2 Å². The highest BCUT2D eigenvalue weighted by Crippen LogP contribution is 2.37. The SMILES string of the molecule is CCOC(=O)c1csc(C2(OCC)CCOCC2)n1.